The number of carbonyl (C=O) groups excluding carboxylic acids is 2. The predicted molar refractivity (Wildman–Crippen MR) is 72.3 cm³/mol. The Balaban J connectivity index is 2.49. The van der Waals surface area contributed by atoms with Crippen LogP contribution >= 0.6 is 0 Å². The molecule has 0 spiro atoms. The first-order chi connectivity index (χ1) is 8.90. The third kappa shape index (κ3) is 4.87. The number of nitrogen functional groups attached to an aromatic ring is 1. The highest BCUT2D eigenvalue weighted by molar-refractivity contribution is 5.87. The van der Waals surface area contributed by atoms with Crippen molar-refractivity contribution in [3.8, 4) is 5.75 Å². The highest BCUT2D eigenvalue weighted by Crippen LogP contribution is 2.14. The van der Waals surface area contributed by atoms with Crippen molar-refractivity contribution in [2.24, 2.45) is 11.7 Å². The van der Waals surface area contributed by atoms with Crippen molar-refractivity contribution in [1.82, 2.24) is 5.32 Å². The van der Waals surface area contributed by atoms with Gasteiger partial charge in [0.1, 0.15) is 11.8 Å². The molecule has 5 N–H and O–H groups in total. The molecule has 0 heterocycles. The molecule has 0 aliphatic carbocycles. The van der Waals surface area contributed by atoms with Crippen molar-refractivity contribution in [3.05, 3.63) is 24.3 Å². The van der Waals surface area contributed by atoms with Gasteiger partial charge in [0.15, 0.2) is 6.61 Å². The average molecular weight is 265 g/mol. The first kappa shape index (κ1) is 14.8. The normalized spacial score (nSPS) is 11.9. The second-order valence-corrected chi connectivity index (χ2v) is 4.55. The van der Waals surface area contributed by atoms with Crippen molar-refractivity contribution in [3.63, 3.8) is 0 Å². The molecular weight excluding hydrogens is 246 g/mol. The first-order valence-corrected chi connectivity index (χ1v) is 5.97. The van der Waals surface area contributed by atoms with Gasteiger partial charge >= 0.3 is 0 Å². The van der Waals surface area contributed by atoms with Gasteiger partial charge in [-0.3, -0.25) is 9.59 Å². The third-order valence-corrected chi connectivity index (χ3v) is 2.52. The van der Waals surface area contributed by atoms with Gasteiger partial charge in [-0.05, 0) is 18.1 Å². The third-order valence-electron chi connectivity index (χ3n) is 2.52. The lowest BCUT2D eigenvalue weighted by Crippen LogP contribution is -2.49. The molecule has 0 saturated carbocycles. The molecule has 1 rings (SSSR count). The van der Waals surface area contributed by atoms with Crippen LogP contribution in [-0.2, 0) is 9.59 Å². The van der Waals surface area contributed by atoms with Gasteiger partial charge < -0.3 is 21.5 Å². The van der Waals surface area contributed by atoms with Crippen LogP contribution in [0.15, 0.2) is 24.3 Å². The molecule has 1 aromatic rings. The second-order valence-electron chi connectivity index (χ2n) is 4.55. The van der Waals surface area contributed by atoms with Crippen LogP contribution in [-0.4, -0.2) is 24.5 Å². The Labute approximate surface area is 112 Å². The predicted octanol–water partition coefficient (Wildman–Crippen LogP) is 0.274. The fraction of sp³-hybridized carbons (Fsp3) is 0.385. The van der Waals surface area contributed by atoms with Crippen LogP contribution in [0.25, 0.3) is 0 Å². The van der Waals surface area contributed by atoms with Crippen LogP contribution in [0.3, 0.4) is 0 Å². The van der Waals surface area contributed by atoms with Gasteiger partial charge in [0.05, 0.1) is 0 Å². The largest absolute Gasteiger partial charge is 0.484 e. The number of nitrogens with one attached hydrogen (secondary N) is 1. The fourth-order valence-corrected chi connectivity index (χ4v) is 1.53. The number of ether oxygens (including phenoxy) is 1. The van der Waals surface area contributed by atoms with E-state index >= 15 is 0 Å². The summed E-state index contributed by atoms with van der Waals surface area (Å²) in [5, 5.41) is 2.53. The van der Waals surface area contributed by atoms with E-state index in [0.717, 1.165) is 0 Å². The summed E-state index contributed by atoms with van der Waals surface area (Å²) in [6.07, 6.45) is 0. The molecule has 0 aliphatic rings. The van der Waals surface area contributed by atoms with Crippen LogP contribution in [0, 0.1) is 5.92 Å². The number of carbonyl (C=O) groups is 2. The molecular formula is C13H19N3O3. The summed E-state index contributed by atoms with van der Waals surface area (Å²) < 4.78 is 5.26. The first-order valence-electron chi connectivity index (χ1n) is 5.97. The Morgan fingerprint density at radius 3 is 2.58 bits per heavy atom. The van der Waals surface area contributed by atoms with Gasteiger partial charge in [-0.2, -0.15) is 0 Å². The lowest BCUT2D eigenvalue weighted by molar-refractivity contribution is -0.129. The maximum absolute atomic E-state index is 11.6. The van der Waals surface area contributed by atoms with E-state index in [0.29, 0.717) is 11.4 Å². The lowest BCUT2D eigenvalue weighted by Gasteiger charge is -2.18. The molecule has 19 heavy (non-hydrogen) atoms. The molecule has 0 saturated heterocycles. The maximum atomic E-state index is 11.6. The summed E-state index contributed by atoms with van der Waals surface area (Å²) >= 11 is 0. The Kier molecular flexibility index (Phi) is 5.17. The number of hydrogen-bond acceptors (Lipinski definition) is 4. The number of rotatable bonds is 6. The van der Waals surface area contributed by atoms with E-state index < -0.39 is 17.9 Å². The molecule has 2 amide bonds. The average Bonchev–Trinajstić information content (AvgIpc) is 2.32. The van der Waals surface area contributed by atoms with Crippen LogP contribution in [0.5, 0.6) is 5.75 Å². The van der Waals surface area contributed by atoms with Gasteiger partial charge in [0.2, 0.25) is 5.91 Å². The molecule has 0 aliphatic heterocycles. The summed E-state index contributed by atoms with van der Waals surface area (Å²) in [6, 6.07) is 6.05. The maximum Gasteiger partial charge on any atom is 0.258 e. The SMILES string of the molecule is CC(C)C(NC(=O)COc1cccc(N)c1)C(N)=O. The number of amides is 2. The van der Waals surface area contributed by atoms with Gasteiger partial charge in [-0.25, -0.2) is 0 Å². The van der Waals surface area contributed by atoms with Crippen molar-refractivity contribution >= 4 is 17.5 Å². The molecule has 0 aromatic heterocycles. The summed E-state index contributed by atoms with van der Waals surface area (Å²) in [4.78, 5) is 22.8. The zero-order valence-corrected chi connectivity index (χ0v) is 11.1. The Bertz CT molecular complexity index is 460. The number of nitrogens with two attached hydrogens (primary N) is 2. The van der Waals surface area contributed by atoms with Crippen LogP contribution in [0.1, 0.15) is 13.8 Å². The molecule has 0 fully saturated rings. The van der Waals surface area contributed by atoms with E-state index in [4.69, 9.17) is 16.2 Å². The number of benzene rings is 1. The number of anilines is 1. The van der Waals surface area contributed by atoms with E-state index in [1.54, 1.807) is 38.1 Å². The monoisotopic (exact) mass is 265 g/mol. The van der Waals surface area contributed by atoms with Crippen molar-refractivity contribution in [2.45, 2.75) is 19.9 Å². The molecule has 1 aromatic carbocycles. The summed E-state index contributed by atoms with van der Waals surface area (Å²) in [5.74, 6) is -0.545. The van der Waals surface area contributed by atoms with Crippen molar-refractivity contribution < 1.29 is 14.3 Å². The van der Waals surface area contributed by atoms with E-state index in [-0.39, 0.29) is 12.5 Å². The summed E-state index contributed by atoms with van der Waals surface area (Å²) in [6.45, 7) is 3.41. The standard InChI is InChI=1S/C13H19N3O3/c1-8(2)12(13(15)18)16-11(17)7-19-10-5-3-4-9(14)6-10/h3-6,8,12H,7,14H2,1-2H3,(H2,15,18)(H,16,17). The van der Waals surface area contributed by atoms with Gasteiger partial charge in [0, 0.05) is 11.8 Å². The minimum Gasteiger partial charge on any atom is -0.484 e. The number of primary amides is 1. The molecule has 104 valence electrons. The molecule has 1 unspecified atom stereocenters. The minimum absolute atomic E-state index is 0.0752. The van der Waals surface area contributed by atoms with E-state index in [9.17, 15) is 9.59 Å². The van der Waals surface area contributed by atoms with Gasteiger partial charge in [0.25, 0.3) is 5.91 Å². The second kappa shape index (κ2) is 6.63. The van der Waals surface area contributed by atoms with E-state index in [1.165, 1.54) is 0 Å². The smallest absolute Gasteiger partial charge is 0.258 e. The van der Waals surface area contributed by atoms with Crippen molar-refractivity contribution in [2.75, 3.05) is 12.3 Å². The molecule has 1 atom stereocenters. The quantitative estimate of drug-likeness (QED) is 0.642. The Morgan fingerprint density at radius 1 is 1.37 bits per heavy atom. The lowest BCUT2D eigenvalue weighted by atomic mass is 10.0. The fourth-order valence-electron chi connectivity index (χ4n) is 1.53. The highest BCUT2D eigenvalue weighted by atomic mass is 16.5. The topological polar surface area (TPSA) is 107 Å². The molecule has 6 nitrogen and oxygen atoms in total. The van der Waals surface area contributed by atoms with Gasteiger partial charge in [-0.15, -0.1) is 0 Å². The van der Waals surface area contributed by atoms with E-state index in [2.05, 4.69) is 5.32 Å². The Hall–Kier alpha value is -2.24. The minimum atomic E-state index is -0.697. The zero-order chi connectivity index (χ0) is 14.4. The summed E-state index contributed by atoms with van der Waals surface area (Å²) in [5.41, 5.74) is 11.3. The van der Waals surface area contributed by atoms with Crippen molar-refractivity contribution in [1.29, 1.82) is 0 Å². The molecule has 0 radical (unpaired) electrons. The van der Waals surface area contributed by atoms with Crippen LogP contribution in [0.4, 0.5) is 5.69 Å². The molecule has 0 bridgehead atoms. The van der Waals surface area contributed by atoms with E-state index in [1.807, 2.05) is 0 Å². The zero-order valence-electron chi connectivity index (χ0n) is 11.1. The summed E-state index contributed by atoms with van der Waals surface area (Å²) in [7, 11) is 0. The Morgan fingerprint density at radius 2 is 2.05 bits per heavy atom. The van der Waals surface area contributed by atoms with Gasteiger partial charge in [-0.1, -0.05) is 19.9 Å². The molecule has 6 heteroatoms. The van der Waals surface area contributed by atoms with Crippen LogP contribution in [0.2, 0.25) is 0 Å². The highest BCUT2D eigenvalue weighted by Gasteiger charge is 2.21. The van der Waals surface area contributed by atoms with Crippen LogP contribution < -0.4 is 21.5 Å². The number of hydrogen-bond donors (Lipinski definition) is 3.